The fourth-order valence-corrected chi connectivity index (χ4v) is 14.1. The van der Waals surface area contributed by atoms with Gasteiger partial charge in [0.2, 0.25) is 0 Å². The summed E-state index contributed by atoms with van der Waals surface area (Å²) in [6, 6.07) is 74.9. The number of hydrogen-bond donors (Lipinski definition) is 0. The van der Waals surface area contributed by atoms with Crippen LogP contribution in [0.4, 0.5) is 17.1 Å². The summed E-state index contributed by atoms with van der Waals surface area (Å²) in [5.41, 5.74) is 14.2. The molecule has 0 spiro atoms. The van der Waals surface area contributed by atoms with E-state index in [1.807, 2.05) is 0 Å². The highest BCUT2D eigenvalue weighted by molar-refractivity contribution is 8.34. The highest BCUT2D eigenvalue weighted by atomic mass is 32.3. The Labute approximate surface area is 317 Å². The number of benzene rings is 8. The summed E-state index contributed by atoms with van der Waals surface area (Å²) >= 11 is 0. The van der Waals surface area contributed by atoms with Gasteiger partial charge in [0.25, 0.3) is 6.71 Å². The molecule has 4 heteroatoms. The van der Waals surface area contributed by atoms with E-state index in [0.717, 1.165) is 0 Å². The molecule has 0 fully saturated rings. The minimum absolute atomic E-state index is 0.00590. The lowest BCUT2D eigenvalue weighted by Gasteiger charge is -2.53. The first-order chi connectivity index (χ1) is 26.9. The summed E-state index contributed by atoms with van der Waals surface area (Å²) in [6.45, 7) is 0.00590. The first-order valence-corrected chi connectivity index (χ1v) is 20.4. The van der Waals surface area contributed by atoms with Gasteiger partial charge >= 0.3 is 0 Å². The summed E-state index contributed by atoms with van der Waals surface area (Å²) in [4.78, 5) is 8.09. The van der Waals surface area contributed by atoms with Crippen LogP contribution in [0.2, 0.25) is 0 Å². The molecule has 0 bridgehead atoms. The predicted molar refractivity (Wildman–Crippen MR) is 227 cm³/mol. The second kappa shape index (κ2) is 11.3. The fraction of sp³-hybridized carbons (Fsp3) is 0. The van der Waals surface area contributed by atoms with Crippen molar-refractivity contribution in [2.45, 2.75) is 19.6 Å². The Morgan fingerprint density at radius 3 is 1.76 bits per heavy atom. The number of fused-ring (bicyclic) bond motifs is 6. The van der Waals surface area contributed by atoms with Crippen molar-refractivity contribution in [3.05, 3.63) is 200 Å². The van der Waals surface area contributed by atoms with Gasteiger partial charge in [-0.2, -0.15) is 0 Å². The molecule has 0 saturated heterocycles. The summed E-state index contributed by atoms with van der Waals surface area (Å²) in [6.07, 6.45) is 0. The normalized spacial score (nSPS) is 14.6. The standard InChI is InChI=1S/C50H33BN2S/c1-5-18-34(19-6-1)48-40-28-15-26-38-39-27-16-31-43-47(39)51(50(46(38)40)52(48)35-20-7-2-8-21-35)41-29-17-33-45-49(41)53(43)42-30-13-14-32-44(42)54(45,36-22-9-3-10-23-36)37-24-11-4-12-25-37/h1-33H. The molecule has 12 rings (SSSR count). The van der Waals surface area contributed by atoms with Crippen LogP contribution >= 0.6 is 10.0 Å². The van der Waals surface area contributed by atoms with Crippen molar-refractivity contribution in [3.8, 4) is 28.1 Å². The molecule has 0 N–H and O–H groups in total. The molecular weight excluding hydrogens is 671 g/mol. The van der Waals surface area contributed by atoms with Gasteiger partial charge in [-0.1, -0.05) is 140 Å². The molecule has 3 aliphatic heterocycles. The number of hydrogen-bond acceptors (Lipinski definition) is 1. The van der Waals surface area contributed by atoms with Gasteiger partial charge in [0.1, 0.15) is 0 Å². The van der Waals surface area contributed by atoms with Crippen LogP contribution in [-0.2, 0) is 0 Å². The minimum atomic E-state index is -1.89. The summed E-state index contributed by atoms with van der Waals surface area (Å²) < 4.78 is 2.59. The monoisotopic (exact) mass is 704 g/mol. The van der Waals surface area contributed by atoms with Crippen LogP contribution in [0.5, 0.6) is 0 Å². The van der Waals surface area contributed by atoms with Crippen molar-refractivity contribution in [1.82, 2.24) is 4.57 Å². The Morgan fingerprint density at radius 2 is 1.02 bits per heavy atom. The van der Waals surface area contributed by atoms with Gasteiger partial charge in [-0.05, 0) is 88.3 Å². The van der Waals surface area contributed by atoms with Gasteiger partial charge in [-0.25, -0.2) is 0 Å². The molecule has 8 aromatic carbocycles. The number of para-hydroxylation sites is 3. The third-order valence-electron chi connectivity index (χ3n) is 11.8. The molecule has 0 radical (unpaired) electrons. The quantitative estimate of drug-likeness (QED) is 0.166. The molecule has 0 atom stereocenters. The number of rotatable bonds is 4. The Bertz CT molecular complexity index is 2900. The highest BCUT2D eigenvalue weighted by Crippen LogP contribution is 2.79. The molecule has 4 heterocycles. The topological polar surface area (TPSA) is 8.17 Å². The zero-order valence-electron chi connectivity index (χ0n) is 29.4. The summed E-state index contributed by atoms with van der Waals surface area (Å²) in [7, 11) is -1.89. The fourth-order valence-electron chi connectivity index (χ4n) is 9.87. The summed E-state index contributed by atoms with van der Waals surface area (Å²) in [5.74, 6) is 0. The highest BCUT2D eigenvalue weighted by Gasteiger charge is 2.50. The van der Waals surface area contributed by atoms with Gasteiger partial charge in [-0.3, -0.25) is 0 Å². The third-order valence-corrected chi connectivity index (χ3v) is 15.8. The SMILES string of the molecule is c1ccc(-c2c3cccc4c3c(n2-c2ccccc2)B2c3cccc5c3N(c3ccccc3S5(c3ccccc3)c3ccccc3)c3cccc-4c32)cc1. The molecule has 3 aliphatic rings. The van der Waals surface area contributed by atoms with Gasteiger partial charge in [-0.15, -0.1) is 10.0 Å². The molecule has 1 aromatic heterocycles. The lowest BCUT2D eigenvalue weighted by Crippen LogP contribution is -2.61. The lowest BCUT2D eigenvalue weighted by molar-refractivity contribution is 1.11. The lowest BCUT2D eigenvalue weighted by atomic mass is 9.33. The first kappa shape index (κ1) is 30.0. The van der Waals surface area contributed by atoms with E-state index in [9.17, 15) is 0 Å². The van der Waals surface area contributed by atoms with Crippen molar-refractivity contribution >= 4 is 61.1 Å². The van der Waals surface area contributed by atoms with Gasteiger partial charge in [0.15, 0.2) is 0 Å². The number of anilines is 3. The van der Waals surface area contributed by atoms with E-state index in [-0.39, 0.29) is 6.71 Å². The zero-order chi connectivity index (χ0) is 35.4. The molecule has 0 amide bonds. The average Bonchev–Trinajstić information content (AvgIpc) is 3.60. The Balaban J connectivity index is 1.27. The minimum Gasteiger partial charge on any atom is -0.320 e. The van der Waals surface area contributed by atoms with Crippen molar-refractivity contribution in [2.75, 3.05) is 4.90 Å². The number of aromatic nitrogens is 1. The Hall–Kier alpha value is -6.49. The van der Waals surface area contributed by atoms with Crippen LogP contribution in [0, 0.1) is 0 Å². The van der Waals surface area contributed by atoms with E-state index in [1.165, 1.54) is 92.0 Å². The van der Waals surface area contributed by atoms with Crippen molar-refractivity contribution < 1.29 is 0 Å². The van der Waals surface area contributed by atoms with Crippen LogP contribution in [0.25, 0.3) is 38.8 Å². The maximum Gasteiger partial charge on any atom is 0.269 e. The molecule has 9 aromatic rings. The van der Waals surface area contributed by atoms with E-state index < -0.39 is 10.0 Å². The van der Waals surface area contributed by atoms with Gasteiger partial charge < -0.3 is 9.47 Å². The zero-order valence-corrected chi connectivity index (χ0v) is 30.2. The molecule has 54 heavy (non-hydrogen) atoms. The maximum absolute atomic E-state index is 2.62. The molecule has 0 aliphatic carbocycles. The maximum atomic E-state index is 2.62. The van der Waals surface area contributed by atoms with Crippen molar-refractivity contribution in [2.24, 2.45) is 0 Å². The average molecular weight is 705 g/mol. The first-order valence-electron chi connectivity index (χ1n) is 18.7. The van der Waals surface area contributed by atoms with Gasteiger partial charge in [0.05, 0.1) is 17.1 Å². The van der Waals surface area contributed by atoms with Crippen LogP contribution in [0.1, 0.15) is 0 Å². The van der Waals surface area contributed by atoms with Crippen LogP contribution in [0.15, 0.2) is 220 Å². The van der Waals surface area contributed by atoms with E-state index in [0.29, 0.717) is 0 Å². The van der Waals surface area contributed by atoms with Gasteiger partial charge in [0, 0.05) is 47.3 Å². The number of nitrogens with zero attached hydrogens (tertiary/aromatic N) is 2. The van der Waals surface area contributed by atoms with E-state index in [1.54, 1.807) is 0 Å². The van der Waals surface area contributed by atoms with Crippen LogP contribution in [-0.4, -0.2) is 11.3 Å². The largest absolute Gasteiger partial charge is 0.320 e. The second-order valence-corrected chi connectivity index (χ2v) is 17.5. The molecule has 0 saturated carbocycles. The summed E-state index contributed by atoms with van der Waals surface area (Å²) in [5, 5.41) is 2.64. The third kappa shape index (κ3) is 3.78. The molecule has 0 unspecified atom stereocenters. The molecule has 2 nitrogen and oxygen atoms in total. The Morgan fingerprint density at radius 1 is 0.444 bits per heavy atom. The van der Waals surface area contributed by atoms with E-state index >= 15 is 0 Å². The molecule has 252 valence electrons. The van der Waals surface area contributed by atoms with E-state index in [4.69, 9.17) is 0 Å². The van der Waals surface area contributed by atoms with Crippen molar-refractivity contribution in [1.29, 1.82) is 0 Å². The smallest absolute Gasteiger partial charge is 0.269 e. The second-order valence-electron chi connectivity index (χ2n) is 14.4. The van der Waals surface area contributed by atoms with Crippen molar-refractivity contribution in [3.63, 3.8) is 0 Å². The Kier molecular flexibility index (Phi) is 6.26. The van der Waals surface area contributed by atoms with E-state index in [2.05, 4.69) is 210 Å². The predicted octanol–water partition coefficient (Wildman–Crippen LogP) is 11.2. The van der Waals surface area contributed by atoms with Crippen LogP contribution in [0.3, 0.4) is 0 Å². The molecular formula is C50H33BN2S. The van der Waals surface area contributed by atoms with Crippen LogP contribution < -0.4 is 21.4 Å².